The fourth-order valence-corrected chi connectivity index (χ4v) is 1.07. The molecule has 0 spiro atoms. The molecule has 4 nitrogen and oxygen atoms in total. The minimum absolute atomic E-state index is 0.0743. The zero-order chi connectivity index (χ0) is 8.85. The van der Waals surface area contributed by atoms with E-state index in [0.717, 1.165) is 0 Å². The average Bonchev–Trinajstić information content (AvgIpc) is 1.85. The molecule has 0 N–H and O–H groups in total. The van der Waals surface area contributed by atoms with Crippen molar-refractivity contribution in [3.8, 4) is 0 Å². The third-order valence-corrected chi connectivity index (χ3v) is 1.66. The standard InChI is InChI=1S/C6H10O4S/c1-10-6(8)3-5(7)4-11(2)9/h3-4H2,1-2H3. The van der Waals surface area contributed by atoms with Crippen LogP contribution in [0, 0.1) is 0 Å². The molecule has 0 aliphatic heterocycles. The van der Waals surface area contributed by atoms with Crippen LogP contribution in [-0.2, 0) is 25.1 Å². The van der Waals surface area contributed by atoms with Gasteiger partial charge in [-0.1, -0.05) is 0 Å². The van der Waals surface area contributed by atoms with Crippen LogP contribution in [0.1, 0.15) is 6.42 Å². The van der Waals surface area contributed by atoms with Gasteiger partial charge >= 0.3 is 5.97 Å². The highest BCUT2D eigenvalue weighted by molar-refractivity contribution is 7.85. The van der Waals surface area contributed by atoms with Crippen molar-refractivity contribution in [3.63, 3.8) is 0 Å². The lowest BCUT2D eigenvalue weighted by atomic mass is 10.3. The van der Waals surface area contributed by atoms with Crippen LogP contribution in [0.15, 0.2) is 0 Å². The molecule has 0 aliphatic carbocycles. The lowest BCUT2D eigenvalue weighted by Gasteiger charge is -1.95. The molecule has 0 aromatic heterocycles. The van der Waals surface area contributed by atoms with Gasteiger partial charge in [-0.3, -0.25) is 13.8 Å². The summed E-state index contributed by atoms with van der Waals surface area (Å²) >= 11 is 0. The minimum Gasteiger partial charge on any atom is -0.469 e. The maximum atomic E-state index is 10.7. The predicted octanol–water partition coefficient (Wildman–Crippen LogP) is -0.503. The lowest BCUT2D eigenvalue weighted by molar-refractivity contribution is -0.142. The van der Waals surface area contributed by atoms with Gasteiger partial charge in [0.25, 0.3) is 0 Å². The first-order chi connectivity index (χ1) is 5.06. The van der Waals surface area contributed by atoms with Gasteiger partial charge in [-0.2, -0.15) is 0 Å². The van der Waals surface area contributed by atoms with Crippen molar-refractivity contribution in [1.82, 2.24) is 0 Å². The van der Waals surface area contributed by atoms with E-state index < -0.39 is 16.8 Å². The molecule has 1 atom stereocenters. The van der Waals surface area contributed by atoms with E-state index in [0.29, 0.717) is 0 Å². The molecule has 64 valence electrons. The zero-order valence-electron chi connectivity index (χ0n) is 6.46. The molecule has 0 fully saturated rings. The van der Waals surface area contributed by atoms with Crippen LogP contribution in [0.2, 0.25) is 0 Å². The van der Waals surface area contributed by atoms with Crippen molar-refractivity contribution in [1.29, 1.82) is 0 Å². The fourth-order valence-electron chi connectivity index (χ4n) is 0.511. The second-order valence-electron chi connectivity index (χ2n) is 2.01. The van der Waals surface area contributed by atoms with Gasteiger partial charge in [-0.05, 0) is 0 Å². The molecule has 0 saturated carbocycles. The summed E-state index contributed by atoms with van der Waals surface area (Å²) < 4.78 is 14.7. The van der Waals surface area contributed by atoms with Crippen LogP contribution in [0.25, 0.3) is 0 Å². The van der Waals surface area contributed by atoms with Crippen LogP contribution < -0.4 is 0 Å². The van der Waals surface area contributed by atoms with Gasteiger partial charge in [0.15, 0.2) is 5.78 Å². The lowest BCUT2D eigenvalue weighted by Crippen LogP contribution is -2.15. The Bertz CT molecular complexity index is 187. The van der Waals surface area contributed by atoms with E-state index in [4.69, 9.17) is 0 Å². The van der Waals surface area contributed by atoms with Crippen LogP contribution in [0.5, 0.6) is 0 Å². The molecule has 0 rings (SSSR count). The number of methoxy groups -OCH3 is 1. The number of hydrogen-bond acceptors (Lipinski definition) is 4. The molecular formula is C6H10O4S. The number of esters is 1. The third-order valence-electron chi connectivity index (χ3n) is 0.933. The monoisotopic (exact) mass is 178 g/mol. The summed E-state index contributed by atoms with van der Waals surface area (Å²) in [6.45, 7) is 0. The summed E-state index contributed by atoms with van der Waals surface area (Å²) in [5.74, 6) is -1.01. The second kappa shape index (κ2) is 5.01. The van der Waals surface area contributed by atoms with Crippen LogP contribution in [-0.4, -0.2) is 35.1 Å². The van der Waals surface area contributed by atoms with Crippen LogP contribution >= 0.6 is 0 Å². The Morgan fingerprint density at radius 2 is 2.00 bits per heavy atom. The Labute approximate surface area is 67.4 Å². The molecule has 5 heteroatoms. The molecule has 0 amide bonds. The Kier molecular flexibility index (Phi) is 4.69. The van der Waals surface area contributed by atoms with Gasteiger partial charge in [0, 0.05) is 17.1 Å². The van der Waals surface area contributed by atoms with Gasteiger partial charge < -0.3 is 4.74 Å². The fraction of sp³-hybridized carbons (Fsp3) is 0.667. The van der Waals surface area contributed by atoms with E-state index in [1.54, 1.807) is 0 Å². The number of hydrogen-bond donors (Lipinski definition) is 0. The van der Waals surface area contributed by atoms with Gasteiger partial charge in [0.2, 0.25) is 0 Å². The first-order valence-corrected chi connectivity index (χ1v) is 4.67. The molecule has 0 saturated heterocycles. The smallest absolute Gasteiger partial charge is 0.313 e. The van der Waals surface area contributed by atoms with Crippen molar-refractivity contribution in [2.24, 2.45) is 0 Å². The maximum absolute atomic E-state index is 10.7. The Morgan fingerprint density at radius 3 is 2.36 bits per heavy atom. The molecule has 0 bridgehead atoms. The molecular weight excluding hydrogens is 168 g/mol. The zero-order valence-corrected chi connectivity index (χ0v) is 7.27. The topological polar surface area (TPSA) is 60.4 Å². The minimum atomic E-state index is -1.17. The van der Waals surface area contributed by atoms with Crippen molar-refractivity contribution >= 4 is 22.6 Å². The van der Waals surface area contributed by atoms with E-state index >= 15 is 0 Å². The molecule has 0 radical (unpaired) electrons. The predicted molar refractivity (Wildman–Crippen MR) is 40.6 cm³/mol. The summed E-state index contributed by atoms with van der Waals surface area (Å²) in [6.07, 6.45) is 1.13. The van der Waals surface area contributed by atoms with Gasteiger partial charge in [0.1, 0.15) is 6.42 Å². The normalized spacial score (nSPS) is 12.2. The highest BCUT2D eigenvalue weighted by Gasteiger charge is 2.10. The molecule has 0 aromatic rings. The van der Waals surface area contributed by atoms with Crippen molar-refractivity contribution in [3.05, 3.63) is 0 Å². The van der Waals surface area contributed by atoms with E-state index in [2.05, 4.69) is 4.74 Å². The number of ether oxygens (including phenoxy) is 1. The molecule has 0 heterocycles. The summed E-state index contributed by atoms with van der Waals surface area (Å²) in [4.78, 5) is 21.2. The van der Waals surface area contributed by atoms with E-state index in [9.17, 15) is 13.8 Å². The van der Waals surface area contributed by atoms with Gasteiger partial charge in [-0.25, -0.2) is 0 Å². The molecule has 0 aliphatic rings. The SMILES string of the molecule is COC(=O)CC(=O)CS(C)=O. The van der Waals surface area contributed by atoms with Crippen LogP contribution in [0.4, 0.5) is 0 Å². The first-order valence-electron chi connectivity index (χ1n) is 2.94. The van der Waals surface area contributed by atoms with Crippen molar-refractivity contribution in [2.45, 2.75) is 6.42 Å². The summed E-state index contributed by atoms with van der Waals surface area (Å²) in [7, 11) is 0.0355. The molecule has 0 aromatic carbocycles. The average molecular weight is 178 g/mol. The highest BCUT2D eigenvalue weighted by Crippen LogP contribution is 1.88. The number of carbonyl (C=O) groups is 2. The van der Waals surface area contributed by atoms with E-state index in [1.165, 1.54) is 13.4 Å². The Hall–Kier alpha value is -0.710. The Balaban J connectivity index is 3.70. The van der Waals surface area contributed by atoms with E-state index in [-0.39, 0.29) is 18.0 Å². The Morgan fingerprint density at radius 1 is 1.45 bits per heavy atom. The first kappa shape index (κ1) is 10.3. The largest absolute Gasteiger partial charge is 0.469 e. The third kappa shape index (κ3) is 5.72. The van der Waals surface area contributed by atoms with Crippen LogP contribution in [0.3, 0.4) is 0 Å². The van der Waals surface area contributed by atoms with Gasteiger partial charge in [0.05, 0.1) is 12.9 Å². The number of rotatable bonds is 4. The summed E-state index contributed by atoms with van der Waals surface area (Å²) in [5.41, 5.74) is 0. The number of carbonyl (C=O) groups excluding carboxylic acids is 2. The second-order valence-corrected chi connectivity index (χ2v) is 3.44. The maximum Gasteiger partial charge on any atom is 0.313 e. The van der Waals surface area contributed by atoms with Gasteiger partial charge in [-0.15, -0.1) is 0 Å². The van der Waals surface area contributed by atoms with Crippen molar-refractivity contribution in [2.75, 3.05) is 19.1 Å². The number of Topliss-reactive ketones (excluding diaryl/α,β-unsaturated/α-hetero) is 1. The van der Waals surface area contributed by atoms with E-state index in [1.807, 2.05) is 0 Å². The number of ketones is 1. The summed E-state index contributed by atoms with van der Waals surface area (Å²) in [5, 5.41) is 0. The quantitative estimate of drug-likeness (QED) is 0.430. The molecule has 1 unspecified atom stereocenters. The summed E-state index contributed by atoms with van der Waals surface area (Å²) in [6, 6.07) is 0. The molecule has 11 heavy (non-hydrogen) atoms. The highest BCUT2D eigenvalue weighted by atomic mass is 32.2. The van der Waals surface area contributed by atoms with Crippen molar-refractivity contribution < 1.29 is 18.5 Å².